The number of nitrogens with one attached hydrogen (secondary N) is 1. The van der Waals surface area contributed by atoms with Gasteiger partial charge in [0.2, 0.25) is 0 Å². The topological polar surface area (TPSA) is 24.4 Å². The van der Waals surface area contributed by atoms with Crippen LogP contribution in [0.4, 0.5) is 10.1 Å². The number of anilines is 1. The van der Waals surface area contributed by atoms with Crippen LogP contribution in [0.2, 0.25) is 0 Å². The van der Waals surface area contributed by atoms with E-state index in [9.17, 15) is 4.39 Å². The Morgan fingerprint density at radius 2 is 2.00 bits per heavy atom. The molecule has 0 aromatic heterocycles. The fourth-order valence-corrected chi connectivity index (χ4v) is 3.47. The van der Waals surface area contributed by atoms with E-state index in [0.29, 0.717) is 9.72 Å². The van der Waals surface area contributed by atoms with E-state index >= 15 is 0 Å². The molecule has 2 aromatic rings. The quantitative estimate of drug-likeness (QED) is 0.837. The molecular weight excluding hydrogens is 339 g/mol. The van der Waals surface area contributed by atoms with Crippen LogP contribution in [-0.4, -0.2) is 11.7 Å². The number of rotatable bonds is 2. The van der Waals surface area contributed by atoms with Crippen molar-refractivity contribution in [1.82, 2.24) is 0 Å². The first-order valence-electron chi connectivity index (χ1n) is 6.20. The monoisotopic (exact) mass is 350 g/mol. The zero-order valence-electron chi connectivity index (χ0n) is 10.5. The van der Waals surface area contributed by atoms with E-state index in [1.807, 2.05) is 18.2 Å². The van der Waals surface area contributed by atoms with Crippen molar-refractivity contribution in [2.45, 2.75) is 5.25 Å². The van der Waals surface area contributed by atoms with Crippen LogP contribution in [0.15, 0.2) is 58.0 Å². The van der Waals surface area contributed by atoms with Gasteiger partial charge >= 0.3 is 0 Å². The lowest BCUT2D eigenvalue weighted by molar-refractivity contribution is 0.627. The van der Waals surface area contributed by atoms with Crippen molar-refractivity contribution >= 4 is 38.5 Å². The molecular formula is C15H12BrFN2S. The minimum absolute atomic E-state index is 0.259. The second kappa shape index (κ2) is 5.97. The van der Waals surface area contributed by atoms with Crippen LogP contribution in [0.25, 0.3) is 0 Å². The molecule has 102 valence electrons. The summed E-state index contributed by atoms with van der Waals surface area (Å²) in [6.45, 7) is 0.760. The van der Waals surface area contributed by atoms with E-state index in [0.717, 1.165) is 17.4 Å². The number of halogens is 2. The number of benzene rings is 2. The van der Waals surface area contributed by atoms with Crippen molar-refractivity contribution in [3.05, 3.63) is 64.4 Å². The van der Waals surface area contributed by atoms with Crippen LogP contribution in [0, 0.1) is 5.82 Å². The largest absolute Gasteiger partial charge is 0.334 e. The number of nitrogens with zero attached hydrogens (tertiary/aromatic N) is 1. The lowest BCUT2D eigenvalue weighted by Crippen LogP contribution is -2.06. The van der Waals surface area contributed by atoms with Gasteiger partial charge in [-0.1, -0.05) is 42.1 Å². The average Bonchev–Trinajstić information content (AvgIpc) is 2.92. The van der Waals surface area contributed by atoms with E-state index in [4.69, 9.17) is 0 Å². The Morgan fingerprint density at radius 3 is 2.75 bits per heavy atom. The summed E-state index contributed by atoms with van der Waals surface area (Å²) >= 11 is 5.04. The molecule has 20 heavy (non-hydrogen) atoms. The third-order valence-corrected chi connectivity index (χ3v) is 4.81. The zero-order valence-corrected chi connectivity index (χ0v) is 12.9. The number of thioether (sulfide) groups is 1. The Bertz CT molecular complexity index is 646. The van der Waals surface area contributed by atoms with Crippen LogP contribution in [0.1, 0.15) is 10.8 Å². The summed E-state index contributed by atoms with van der Waals surface area (Å²) in [5.41, 5.74) is 2.10. The first-order chi connectivity index (χ1) is 9.72. The third-order valence-electron chi connectivity index (χ3n) is 3.00. The molecule has 1 N–H and O–H groups in total. The first kappa shape index (κ1) is 13.6. The number of hydrogen-bond acceptors (Lipinski definition) is 3. The van der Waals surface area contributed by atoms with Gasteiger partial charge < -0.3 is 5.32 Å². The van der Waals surface area contributed by atoms with Crippen molar-refractivity contribution in [2.24, 2.45) is 4.99 Å². The number of hydrogen-bond donors (Lipinski definition) is 1. The lowest BCUT2D eigenvalue weighted by Gasteiger charge is -2.10. The second-order valence-corrected chi connectivity index (χ2v) is 6.46. The summed E-state index contributed by atoms with van der Waals surface area (Å²) in [5, 5.41) is 4.45. The maximum atomic E-state index is 13.1. The van der Waals surface area contributed by atoms with E-state index in [1.54, 1.807) is 17.8 Å². The van der Waals surface area contributed by atoms with Crippen molar-refractivity contribution in [1.29, 1.82) is 0 Å². The second-order valence-electron chi connectivity index (χ2n) is 4.41. The van der Waals surface area contributed by atoms with Crippen molar-refractivity contribution in [2.75, 3.05) is 11.9 Å². The van der Waals surface area contributed by atoms with Crippen LogP contribution in [0.5, 0.6) is 0 Å². The van der Waals surface area contributed by atoms with Gasteiger partial charge in [0.05, 0.1) is 17.5 Å². The summed E-state index contributed by atoms with van der Waals surface area (Å²) < 4.78 is 13.7. The predicted octanol–water partition coefficient (Wildman–Crippen LogP) is 4.84. The Morgan fingerprint density at radius 1 is 1.20 bits per heavy atom. The molecule has 0 saturated heterocycles. The minimum Gasteiger partial charge on any atom is -0.334 e. The van der Waals surface area contributed by atoms with Crippen LogP contribution in [-0.2, 0) is 0 Å². The Balaban J connectivity index is 1.69. The summed E-state index contributed by atoms with van der Waals surface area (Å²) in [7, 11) is 0. The molecule has 1 unspecified atom stereocenters. The standard InChI is InChI=1S/C15H12BrFN2S/c16-12-8-11(17)6-7-13(12)19-15-18-9-14(20-15)10-4-2-1-3-5-10/h1-8,14H,9H2,(H,18,19). The molecule has 0 saturated carbocycles. The molecule has 1 atom stereocenters. The SMILES string of the molecule is Fc1ccc(NC2=NCC(c3ccccc3)S2)c(Br)c1. The van der Waals surface area contributed by atoms with Crippen molar-refractivity contribution in [3.8, 4) is 0 Å². The molecule has 0 fully saturated rings. The molecule has 1 heterocycles. The molecule has 0 radical (unpaired) electrons. The predicted molar refractivity (Wildman–Crippen MR) is 86.8 cm³/mol. The van der Waals surface area contributed by atoms with Gasteiger partial charge in [-0.3, -0.25) is 4.99 Å². The third kappa shape index (κ3) is 3.04. The fraction of sp³-hybridized carbons (Fsp3) is 0.133. The highest BCUT2D eigenvalue weighted by atomic mass is 79.9. The van der Waals surface area contributed by atoms with E-state index in [-0.39, 0.29) is 5.82 Å². The van der Waals surface area contributed by atoms with Gasteiger partial charge in [0, 0.05) is 4.47 Å². The van der Waals surface area contributed by atoms with Gasteiger partial charge in [0.25, 0.3) is 0 Å². The smallest absolute Gasteiger partial charge is 0.161 e. The summed E-state index contributed by atoms with van der Waals surface area (Å²) in [5.74, 6) is -0.259. The molecule has 3 rings (SSSR count). The van der Waals surface area contributed by atoms with E-state index in [2.05, 4.69) is 38.4 Å². The highest BCUT2D eigenvalue weighted by Gasteiger charge is 2.21. The summed E-state index contributed by atoms with van der Waals surface area (Å²) in [6, 6.07) is 14.9. The molecule has 1 aliphatic heterocycles. The fourth-order valence-electron chi connectivity index (χ4n) is 1.99. The Hall–Kier alpha value is -1.33. The molecule has 2 aromatic carbocycles. The molecule has 5 heteroatoms. The van der Waals surface area contributed by atoms with Gasteiger partial charge in [0.1, 0.15) is 5.82 Å². The van der Waals surface area contributed by atoms with Gasteiger partial charge in [-0.2, -0.15) is 0 Å². The number of amidine groups is 1. The normalized spacial score (nSPS) is 17.9. The van der Waals surface area contributed by atoms with E-state index in [1.165, 1.54) is 17.7 Å². The van der Waals surface area contributed by atoms with Crippen molar-refractivity contribution < 1.29 is 4.39 Å². The summed E-state index contributed by atoms with van der Waals surface area (Å²) in [4.78, 5) is 4.51. The number of aliphatic imine (C=N–C) groups is 1. The van der Waals surface area contributed by atoms with Gasteiger partial charge in [-0.15, -0.1) is 0 Å². The zero-order chi connectivity index (χ0) is 13.9. The highest BCUT2D eigenvalue weighted by Crippen LogP contribution is 2.36. The van der Waals surface area contributed by atoms with Gasteiger partial charge in [-0.05, 0) is 39.7 Å². The molecule has 0 aliphatic carbocycles. The van der Waals surface area contributed by atoms with Gasteiger partial charge in [0.15, 0.2) is 5.17 Å². The molecule has 0 bridgehead atoms. The molecule has 2 nitrogen and oxygen atoms in total. The van der Waals surface area contributed by atoms with Crippen LogP contribution >= 0.6 is 27.7 Å². The first-order valence-corrected chi connectivity index (χ1v) is 7.88. The average molecular weight is 351 g/mol. The Kier molecular flexibility index (Phi) is 4.08. The maximum absolute atomic E-state index is 13.1. The van der Waals surface area contributed by atoms with Crippen LogP contribution in [0.3, 0.4) is 0 Å². The Labute approximate surface area is 129 Å². The summed E-state index contributed by atoms with van der Waals surface area (Å²) in [6.07, 6.45) is 0. The highest BCUT2D eigenvalue weighted by molar-refractivity contribution is 9.10. The molecule has 0 amide bonds. The lowest BCUT2D eigenvalue weighted by atomic mass is 10.1. The maximum Gasteiger partial charge on any atom is 0.161 e. The van der Waals surface area contributed by atoms with Crippen LogP contribution < -0.4 is 5.32 Å². The minimum atomic E-state index is -0.259. The molecule has 0 spiro atoms. The van der Waals surface area contributed by atoms with Gasteiger partial charge in [-0.25, -0.2) is 4.39 Å². The molecule has 1 aliphatic rings. The van der Waals surface area contributed by atoms with Crippen molar-refractivity contribution in [3.63, 3.8) is 0 Å². The van der Waals surface area contributed by atoms with E-state index < -0.39 is 0 Å².